The van der Waals surface area contributed by atoms with Gasteiger partial charge in [-0.3, -0.25) is 9.69 Å². The van der Waals surface area contributed by atoms with E-state index in [2.05, 4.69) is 65.4 Å². The summed E-state index contributed by atoms with van der Waals surface area (Å²) < 4.78 is 0. The monoisotopic (exact) mass is 330 g/mol. The van der Waals surface area contributed by atoms with Crippen LogP contribution in [-0.4, -0.2) is 69.6 Å². The van der Waals surface area contributed by atoms with E-state index >= 15 is 0 Å². The number of amides is 1. The lowest BCUT2D eigenvalue weighted by Gasteiger charge is -2.38. The first-order chi connectivity index (χ1) is 11.5. The second-order valence-corrected chi connectivity index (χ2v) is 7.36. The van der Waals surface area contributed by atoms with Gasteiger partial charge >= 0.3 is 0 Å². The molecule has 1 unspecified atom stereocenters. The Kier molecular flexibility index (Phi) is 5.41. The summed E-state index contributed by atoms with van der Waals surface area (Å²) in [6.07, 6.45) is 2.12. The van der Waals surface area contributed by atoms with Gasteiger partial charge in [-0.25, -0.2) is 0 Å². The maximum Gasteiger partial charge on any atom is 0.223 e. The normalized spacial score (nSPS) is 20.6. The summed E-state index contributed by atoms with van der Waals surface area (Å²) in [5.41, 5.74) is 2.50. The molecule has 132 valence electrons. The zero-order chi connectivity index (χ0) is 17.1. The van der Waals surface area contributed by atoms with Gasteiger partial charge in [-0.1, -0.05) is 12.1 Å². The number of anilines is 1. The lowest BCUT2D eigenvalue weighted by atomic mass is 10.0. The third kappa shape index (κ3) is 4.28. The fourth-order valence-corrected chi connectivity index (χ4v) is 3.27. The van der Waals surface area contributed by atoms with Crippen LogP contribution >= 0.6 is 0 Å². The Morgan fingerprint density at radius 3 is 2.33 bits per heavy atom. The molecule has 1 aliphatic carbocycles. The molecule has 0 aromatic heterocycles. The number of benzene rings is 1. The van der Waals surface area contributed by atoms with Crippen molar-refractivity contribution in [3.8, 4) is 0 Å². The number of rotatable bonds is 6. The van der Waals surface area contributed by atoms with Crippen molar-refractivity contribution in [3.05, 3.63) is 29.8 Å². The molecule has 24 heavy (non-hydrogen) atoms. The Morgan fingerprint density at radius 1 is 1.17 bits per heavy atom. The summed E-state index contributed by atoms with van der Waals surface area (Å²) in [6, 6.07) is 9.02. The predicted octanol–water partition coefficient (Wildman–Crippen LogP) is 1.57. The first kappa shape index (κ1) is 17.2. The van der Waals surface area contributed by atoms with E-state index < -0.39 is 0 Å². The lowest BCUT2D eigenvalue weighted by molar-refractivity contribution is -0.122. The average Bonchev–Trinajstić information content (AvgIpc) is 3.42. The van der Waals surface area contributed by atoms with Crippen molar-refractivity contribution >= 4 is 11.6 Å². The van der Waals surface area contributed by atoms with Gasteiger partial charge in [0.05, 0.1) is 6.04 Å². The number of hydrogen-bond acceptors (Lipinski definition) is 4. The summed E-state index contributed by atoms with van der Waals surface area (Å²) in [5, 5.41) is 3.18. The molecule has 1 atom stereocenters. The summed E-state index contributed by atoms with van der Waals surface area (Å²) in [5.74, 6) is 0.508. The molecular formula is C19H30N4O. The fraction of sp³-hybridized carbons (Fsp3) is 0.632. The number of nitrogens with zero attached hydrogens (tertiary/aromatic N) is 3. The van der Waals surface area contributed by atoms with Crippen molar-refractivity contribution in [2.24, 2.45) is 5.92 Å². The van der Waals surface area contributed by atoms with Crippen molar-refractivity contribution in [1.82, 2.24) is 15.1 Å². The molecule has 1 amide bonds. The summed E-state index contributed by atoms with van der Waals surface area (Å²) in [6.45, 7) is 4.98. The van der Waals surface area contributed by atoms with Crippen LogP contribution in [-0.2, 0) is 4.79 Å². The first-order valence-electron chi connectivity index (χ1n) is 9.02. The highest BCUT2D eigenvalue weighted by Gasteiger charge is 2.31. The minimum Gasteiger partial charge on any atom is -0.378 e. The van der Waals surface area contributed by atoms with Crippen molar-refractivity contribution in [2.45, 2.75) is 18.9 Å². The van der Waals surface area contributed by atoms with Gasteiger partial charge in [-0.15, -0.1) is 0 Å². The number of likely N-dealkylation sites (N-methyl/N-ethyl adjacent to an activating group) is 1. The number of hydrogen-bond donors (Lipinski definition) is 1. The van der Waals surface area contributed by atoms with Crippen LogP contribution in [0.25, 0.3) is 0 Å². The van der Waals surface area contributed by atoms with E-state index in [1.54, 1.807) is 0 Å². The van der Waals surface area contributed by atoms with Gasteiger partial charge in [0.15, 0.2) is 0 Å². The Morgan fingerprint density at radius 2 is 1.79 bits per heavy atom. The van der Waals surface area contributed by atoms with Crippen LogP contribution in [0.15, 0.2) is 24.3 Å². The minimum atomic E-state index is 0.235. The Balaban J connectivity index is 1.71. The van der Waals surface area contributed by atoms with Crippen molar-refractivity contribution in [2.75, 3.05) is 58.8 Å². The molecule has 0 bridgehead atoms. The number of carbonyl (C=O) groups excluding carboxylic acids is 1. The van der Waals surface area contributed by atoms with Crippen molar-refractivity contribution in [1.29, 1.82) is 0 Å². The average molecular weight is 330 g/mol. The van der Waals surface area contributed by atoms with Gasteiger partial charge in [-0.2, -0.15) is 0 Å². The highest BCUT2D eigenvalue weighted by atomic mass is 16.2. The zero-order valence-electron chi connectivity index (χ0n) is 15.2. The maximum atomic E-state index is 12.1. The molecule has 1 aromatic rings. The number of nitrogens with one attached hydrogen (secondary N) is 1. The number of piperazine rings is 1. The molecule has 1 aliphatic heterocycles. The zero-order valence-corrected chi connectivity index (χ0v) is 15.2. The predicted molar refractivity (Wildman–Crippen MR) is 98.3 cm³/mol. The molecular weight excluding hydrogens is 300 g/mol. The van der Waals surface area contributed by atoms with Crippen molar-refractivity contribution < 1.29 is 4.79 Å². The van der Waals surface area contributed by atoms with Crippen LogP contribution in [0.1, 0.15) is 24.4 Å². The highest BCUT2D eigenvalue weighted by Crippen LogP contribution is 2.29. The molecule has 5 nitrogen and oxygen atoms in total. The van der Waals surface area contributed by atoms with E-state index in [9.17, 15) is 4.79 Å². The van der Waals surface area contributed by atoms with E-state index in [1.165, 1.54) is 11.3 Å². The minimum absolute atomic E-state index is 0.235. The molecule has 1 aromatic carbocycles. The SMILES string of the molecule is CN1CCN(C(CNC(=O)C2CC2)c2ccc(N(C)C)cc2)CC1. The van der Waals surface area contributed by atoms with Crippen LogP contribution in [0, 0.1) is 5.92 Å². The second kappa shape index (κ2) is 7.53. The summed E-state index contributed by atoms with van der Waals surface area (Å²) in [4.78, 5) is 19.1. The van der Waals surface area contributed by atoms with E-state index in [1.807, 2.05) is 0 Å². The van der Waals surface area contributed by atoms with E-state index in [4.69, 9.17) is 0 Å². The Hall–Kier alpha value is -1.59. The van der Waals surface area contributed by atoms with Gasteiger partial charge in [0, 0.05) is 58.4 Å². The quantitative estimate of drug-likeness (QED) is 0.859. The third-order valence-corrected chi connectivity index (χ3v) is 5.19. The third-order valence-electron chi connectivity index (χ3n) is 5.19. The van der Waals surface area contributed by atoms with Gasteiger partial charge in [-0.05, 0) is 37.6 Å². The van der Waals surface area contributed by atoms with E-state index in [0.29, 0.717) is 6.54 Å². The van der Waals surface area contributed by atoms with Gasteiger partial charge < -0.3 is 15.1 Å². The Labute approximate surface area is 145 Å². The molecule has 1 heterocycles. The van der Waals surface area contributed by atoms with Crippen LogP contribution in [0.3, 0.4) is 0 Å². The van der Waals surface area contributed by atoms with Gasteiger partial charge in [0.1, 0.15) is 0 Å². The first-order valence-corrected chi connectivity index (χ1v) is 9.02. The highest BCUT2D eigenvalue weighted by molar-refractivity contribution is 5.80. The molecule has 1 saturated heterocycles. The van der Waals surface area contributed by atoms with Gasteiger partial charge in [0.2, 0.25) is 5.91 Å². The second-order valence-electron chi connectivity index (χ2n) is 7.36. The molecule has 2 fully saturated rings. The largest absolute Gasteiger partial charge is 0.378 e. The lowest BCUT2D eigenvalue weighted by Crippen LogP contribution is -2.48. The van der Waals surface area contributed by atoms with Crippen LogP contribution in [0.4, 0.5) is 5.69 Å². The molecule has 1 N–H and O–H groups in total. The summed E-state index contributed by atoms with van der Waals surface area (Å²) in [7, 11) is 6.29. The maximum absolute atomic E-state index is 12.1. The molecule has 0 radical (unpaired) electrons. The van der Waals surface area contributed by atoms with Crippen LogP contribution in [0.2, 0.25) is 0 Å². The van der Waals surface area contributed by atoms with E-state index in [0.717, 1.165) is 39.0 Å². The fourth-order valence-electron chi connectivity index (χ4n) is 3.27. The van der Waals surface area contributed by atoms with Crippen molar-refractivity contribution in [3.63, 3.8) is 0 Å². The van der Waals surface area contributed by atoms with Gasteiger partial charge in [0.25, 0.3) is 0 Å². The molecule has 3 rings (SSSR count). The van der Waals surface area contributed by atoms with Crippen LogP contribution < -0.4 is 10.2 Å². The smallest absolute Gasteiger partial charge is 0.223 e. The molecule has 0 spiro atoms. The summed E-state index contributed by atoms with van der Waals surface area (Å²) >= 11 is 0. The Bertz CT molecular complexity index is 545. The molecule has 1 saturated carbocycles. The molecule has 5 heteroatoms. The standard InChI is InChI=1S/C19H30N4O/c1-21(2)17-8-6-15(7-9-17)18(14-20-19(24)16-4-5-16)23-12-10-22(3)11-13-23/h6-9,16,18H,4-5,10-14H2,1-3H3,(H,20,24). The topological polar surface area (TPSA) is 38.8 Å². The molecule has 2 aliphatic rings. The van der Waals surface area contributed by atoms with E-state index in [-0.39, 0.29) is 17.9 Å². The van der Waals surface area contributed by atoms with Crippen LogP contribution in [0.5, 0.6) is 0 Å². The number of carbonyl (C=O) groups is 1.